The zero-order chi connectivity index (χ0) is 12.1. The van der Waals surface area contributed by atoms with Crippen LogP contribution in [0.3, 0.4) is 0 Å². The Kier molecular flexibility index (Phi) is 4.26. The highest BCUT2D eigenvalue weighted by atomic mass is 16.5. The Morgan fingerprint density at radius 1 is 1.41 bits per heavy atom. The molecule has 1 aliphatic rings. The van der Waals surface area contributed by atoms with Crippen LogP contribution in [0.4, 0.5) is 11.4 Å². The summed E-state index contributed by atoms with van der Waals surface area (Å²) < 4.78 is 5.44. The Labute approximate surface area is 104 Å². The molecule has 94 valence electrons. The molecule has 17 heavy (non-hydrogen) atoms. The van der Waals surface area contributed by atoms with E-state index in [1.54, 1.807) is 0 Å². The number of nitrogen functional groups attached to an aromatic ring is 1. The number of ether oxygens (including phenoxy) is 1. The van der Waals surface area contributed by atoms with Crippen LogP contribution in [0.25, 0.3) is 0 Å². The smallest absolute Gasteiger partial charge is 0.0600 e. The fourth-order valence-electron chi connectivity index (χ4n) is 2.39. The third kappa shape index (κ3) is 3.13. The predicted octanol–water partition coefficient (Wildman–Crippen LogP) is 2.52. The van der Waals surface area contributed by atoms with Gasteiger partial charge in [-0.3, -0.25) is 0 Å². The summed E-state index contributed by atoms with van der Waals surface area (Å²) in [5.41, 5.74) is 8.10. The van der Waals surface area contributed by atoms with Crippen LogP contribution < -0.4 is 10.6 Å². The number of benzene rings is 1. The average molecular weight is 234 g/mol. The zero-order valence-corrected chi connectivity index (χ0v) is 10.6. The summed E-state index contributed by atoms with van der Waals surface area (Å²) in [7, 11) is 0. The van der Waals surface area contributed by atoms with Gasteiger partial charge in [0.15, 0.2) is 0 Å². The molecule has 0 aromatic heterocycles. The molecule has 1 heterocycles. The van der Waals surface area contributed by atoms with E-state index in [1.165, 1.54) is 12.1 Å². The molecule has 1 aromatic rings. The average Bonchev–Trinajstić information content (AvgIpc) is 2.82. The molecule has 3 nitrogen and oxygen atoms in total. The summed E-state index contributed by atoms with van der Waals surface area (Å²) in [6.07, 6.45) is 2.31. The first-order valence-electron chi connectivity index (χ1n) is 6.48. The maximum atomic E-state index is 6.05. The van der Waals surface area contributed by atoms with Gasteiger partial charge in [-0.1, -0.05) is 19.1 Å². The molecule has 1 fully saturated rings. The number of hydrogen-bond acceptors (Lipinski definition) is 3. The van der Waals surface area contributed by atoms with Gasteiger partial charge in [-0.25, -0.2) is 0 Å². The van der Waals surface area contributed by atoms with Crippen molar-refractivity contribution in [3.05, 3.63) is 24.3 Å². The van der Waals surface area contributed by atoms with Crippen LogP contribution in [0.2, 0.25) is 0 Å². The Morgan fingerprint density at radius 2 is 2.24 bits per heavy atom. The van der Waals surface area contributed by atoms with Crippen molar-refractivity contribution in [2.75, 3.05) is 36.9 Å². The highest BCUT2D eigenvalue weighted by Crippen LogP contribution is 2.25. The molecule has 2 N–H and O–H groups in total. The van der Waals surface area contributed by atoms with E-state index in [4.69, 9.17) is 10.5 Å². The van der Waals surface area contributed by atoms with Crippen molar-refractivity contribution >= 4 is 11.4 Å². The van der Waals surface area contributed by atoms with Gasteiger partial charge in [-0.05, 0) is 25.0 Å². The third-order valence-electron chi connectivity index (χ3n) is 3.27. The van der Waals surface area contributed by atoms with Crippen molar-refractivity contribution in [2.45, 2.75) is 19.8 Å². The highest BCUT2D eigenvalue weighted by molar-refractivity contribution is 5.67. The molecular formula is C14H22N2O. The van der Waals surface area contributed by atoms with E-state index in [-0.39, 0.29) is 0 Å². The molecule has 2 rings (SSSR count). The molecule has 0 aliphatic carbocycles. The first kappa shape index (κ1) is 12.2. The normalized spacial score (nSPS) is 19.5. The zero-order valence-electron chi connectivity index (χ0n) is 10.6. The van der Waals surface area contributed by atoms with Gasteiger partial charge in [-0.2, -0.15) is 0 Å². The van der Waals surface area contributed by atoms with E-state index in [0.29, 0.717) is 5.92 Å². The van der Waals surface area contributed by atoms with Gasteiger partial charge in [-0.15, -0.1) is 0 Å². The lowest BCUT2D eigenvalue weighted by molar-refractivity contribution is 0.186. The van der Waals surface area contributed by atoms with Crippen LogP contribution in [0, 0.1) is 5.92 Å². The number of para-hydroxylation sites is 2. The molecule has 1 aromatic carbocycles. The summed E-state index contributed by atoms with van der Waals surface area (Å²) in [4.78, 5) is 2.40. The van der Waals surface area contributed by atoms with Gasteiger partial charge >= 0.3 is 0 Å². The van der Waals surface area contributed by atoms with Crippen LogP contribution in [-0.2, 0) is 4.74 Å². The lowest BCUT2D eigenvalue weighted by Crippen LogP contribution is -2.31. The van der Waals surface area contributed by atoms with Crippen LogP contribution in [0.5, 0.6) is 0 Å². The summed E-state index contributed by atoms with van der Waals surface area (Å²) in [5.74, 6) is 0.654. The highest BCUT2D eigenvalue weighted by Gasteiger charge is 2.19. The Bertz CT molecular complexity index is 348. The van der Waals surface area contributed by atoms with Crippen LogP contribution in [0.1, 0.15) is 19.8 Å². The SMILES string of the molecule is CCCN(CC1CCOC1)c1ccccc1N. The van der Waals surface area contributed by atoms with Crippen LogP contribution >= 0.6 is 0 Å². The standard InChI is InChI=1S/C14H22N2O/c1-2-8-16(10-12-7-9-17-11-12)14-6-4-3-5-13(14)15/h3-6,12H,2,7-11,15H2,1H3. The first-order valence-corrected chi connectivity index (χ1v) is 6.48. The second-order valence-corrected chi connectivity index (χ2v) is 4.73. The minimum Gasteiger partial charge on any atom is -0.397 e. The van der Waals surface area contributed by atoms with E-state index >= 15 is 0 Å². The largest absolute Gasteiger partial charge is 0.397 e. The maximum absolute atomic E-state index is 6.05. The van der Waals surface area contributed by atoms with Gasteiger partial charge in [0.1, 0.15) is 0 Å². The Morgan fingerprint density at radius 3 is 2.88 bits per heavy atom. The summed E-state index contributed by atoms with van der Waals surface area (Å²) in [5, 5.41) is 0. The van der Waals surface area contributed by atoms with Crippen molar-refractivity contribution in [2.24, 2.45) is 5.92 Å². The van der Waals surface area contributed by atoms with Gasteiger partial charge < -0.3 is 15.4 Å². The Hall–Kier alpha value is -1.22. The molecule has 0 bridgehead atoms. The van der Waals surface area contributed by atoms with Crippen molar-refractivity contribution in [3.8, 4) is 0 Å². The fraction of sp³-hybridized carbons (Fsp3) is 0.571. The first-order chi connectivity index (χ1) is 8.31. The minimum atomic E-state index is 0.654. The topological polar surface area (TPSA) is 38.5 Å². The Balaban J connectivity index is 2.08. The van der Waals surface area contributed by atoms with Gasteiger partial charge in [0.25, 0.3) is 0 Å². The number of hydrogen-bond donors (Lipinski definition) is 1. The minimum absolute atomic E-state index is 0.654. The third-order valence-corrected chi connectivity index (χ3v) is 3.27. The second kappa shape index (κ2) is 5.92. The summed E-state index contributed by atoms with van der Waals surface area (Å²) in [6, 6.07) is 8.13. The van der Waals surface area contributed by atoms with E-state index in [0.717, 1.165) is 38.4 Å². The lowest BCUT2D eigenvalue weighted by atomic mass is 10.1. The lowest BCUT2D eigenvalue weighted by Gasteiger charge is -2.28. The molecule has 0 spiro atoms. The fourth-order valence-corrected chi connectivity index (χ4v) is 2.39. The van der Waals surface area contributed by atoms with E-state index in [9.17, 15) is 0 Å². The van der Waals surface area contributed by atoms with Crippen LogP contribution in [0.15, 0.2) is 24.3 Å². The molecule has 3 heteroatoms. The molecule has 1 atom stereocenters. The monoisotopic (exact) mass is 234 g/mol. The number of nitrogens with zero attached hydrogens (tertiary/aromatic N) is 1. The van der Waals surface area contributed by atoms with E-state index in [2.05, 4.69) is 24.0 Å². The molecule has 0 amide bonds. The molecule has 0 radical (unpaired) electrons. The number of nitrogens with two attached hydrogens (primary N) is 1. The molecule has 0 saturated carbocycles. The van der Waals surface area contributed by atoms with Gasteiger partial charge in [0, 0.05) is 25.6 Å². The number of anilines is 2. The second-order valence-electron chi connectivity index (χ2n) is 4.73. The van der Waals surface area contributed by atoms with Crippen molar-refractivity contribution in [1.82, 2.24) is 0 Å². The van der Waals surface area contributed by atoms with Gasteiger partial charge in [0.05, 0.1) is 18.0 Å². The van der Waals surface area contributed by atoms with Crippen molar-refractivity contribution in [3.63, 3.8) is 0 Å². The van der Waals surface area contributed by atoms with Gasteiger partial charge in [0.2, 0.25) is 0 Å². The predicted molar refractivity (Wildman–Crippen MR) is 72.3 cm³/mol. The van der Waals surface area contributed by atoms with Crippen LogP contribution in [-0.4, -0.2) is 26.3 Å². The van der Waals surface area contributed by atoms with Crippen molar-refractivity contribution < 1.29 is 4.74 Å². The number of rotatable bonds is 5. The molecular weight excluding hydrogens is 212 g/mol. The summed E-state index contributed by atoms with van der Waals surface area (Å²) >= 11 is 0. The maximum Gasteiger partial charge on any atom is 0.0600 e. The van der Waals surface area contributed by atoms with Crippen molar-refractivity contribution in [1.29, 1.82) is 0 Å². The summed E-state index contributed by atoms with van der Waals surface area (Å²) in [6.45, 7) is 6.13. The van der Waals surface area contributed by atoms with E-state index in [1.807, 2.05) is 12.1 Å². The van der Waals surface area contributed by atoms with E-state index < -0.39 is 0 Å². The molecule has 1 unspecified atom stereocenters. The molecule has 1 aliphatic heterocycles. The molecule has 1 saturated heterocycles. The quantitative estimate of drug-likeness (QED) is 0.796.